The van der Waals surface area contributed by atoms with Crippen molar-refractivity contribution in [1.82, 2.24) is 4.98 Å². The largest absolute Gasteiger partial charge is 0.460 e. The lowest BCUT2D eigenvalue weighted by Crippen LogP contribution is -2.34. The highest BCUT2D eigenvalue weighted by atomic mass is 16.5. The Labute approximate surface area is 148 Å². The first-order chi connectivity index (χ1) is 12.0. The van der Waals surface area contributed by atoms with Gasteiger partial charge in [-0.05, 0) is 49.1 Å². The van der Waals surface area contributed by atoms with Crippen molar-refractivity contribution in [2.45, 2.75) is 39.8 Å². The molecule has 1 atom stereocenters. The number of hydrogen-bond acceptors (Lipinski definition) is 3. The van der Waals surface area contributed by atoms with E-state index in [1.165, 1.54) is 5.56 Å². The van der Waals surface area contributed by atoms with E-state index in [-0.39, 0.29) is 12.6 Å². The van der Waals surface area contributed by atoms with Crippen molar-refractivity contribution in [3.63, 3.8) is 0 Å². The molecule has 4 heteroatoms. The number of rotatable bonds is 5. The molecule has 0 aliphatic rings. The minimum Gasteiger partial charge on any atom is -0.460 e. The summed E-state index contributed by atoms with van der Waals surface area (Å²) in [4.78, 5) is 15.5. The third kappa shape index (κ3) is 3.74. The van der Waals surface area contributed by atoms with E-state index in [9.17, 15) is 4.79 Å². The van der Waals surface area contributed by atoms with Crippen LogP contribution in [0.25, 0.3) is 10.9 Å². The molecule has 1 heterocycles. The third-order valence-corrected chi connectivity index (χ3v) is 4.62. The molecule has 3 aromatic rings. The van der Waals surface area contributed by atoms with E-state index in [0.29, 0.717) is 6.42 Å². The predicted molar refractivity (Wildman–Crippen MR) is 100 cm³/mol. The van der Waals surface area contributed by atoms with Gasteiger partial charge in [0.05, 0.1) is 0 Å². The average molecular weight is 336 g/mol. The lowest BCUT2D eigenvalue weighted by atomic mass is 10.0. The predicted octanol–water partition coefficient (Wildman–Crippen LogP) is 3.71. The molecule has 0 saturated carbocycles. The van der Waals surface area contributed by atoms with Crippen LogP contribution in [0.3, 0.4) is 0 Å². The van der Waals surface area contributed by atoms with Crippen molar-refractivity contribution in [1.29, 1.82) is 0 Å². The number of benzene rings is 2. The van der Waals surface area contributed by atoms with Crippen LogP contribution in [0.2, 0.25) is 0 Å². The van der Waals surface area contributed by atoms with Gasteiger partial charge in [0.15, 0.2) is 0 Å². The number of nitrogens with two attached hydrogens (primary N) is 1. The molecule has 0 radical (unpaired) electrons. The Balaban J connectivity index is 1.65. The minimum absolute atomic E-state index is 0.262. The molecule has 0 amide bonds. The van der Waals surface area contributed by atoms with Crippen molar-refractivity contribution in [3.8, 4) is 0 Å². The number of ether oxygens (including phenoxy) is 1. The second kappa shape index (κ2) is 7.11. The number of aryl methyl sites for hydroxylation is 3. The zero-order valence-corrected chi connectivity index (χ0v) is 14.9. The maximum atomic E-state index is 12.3. The van der Waals surface area contributed by atoms with Gasteiger partial charge in [-0.15, -0.1) is 0 Å². The van der Waals surface area contributed by atoms with Crippen LogP contribution in [0, 0.1) is 20.8 Å². The average Bonchev–Trinajstić information content (AvgIpc) is 2.97. The molecule has 130 valence electrons. The van der Waals surface area contributed by atoms with Gasteiger partial charge in [-0.3, -0.25) is 4.79 Å². The first-order valence-corrected chi connectivity index (χ1v) is 8.49. The zero-order valence-electron chi connectivity index (χ0n) is 14.9. The number of carbonyl (C=O) groups excluding carboxylic acids is 1. The smallest absolute Gasteiger partial charge is 0.323 e. The molecular weight excluding hydrogens is 312 g/mol. The molecular formula is C21H24N2O2. The van der Waals surface area contributed by atoms with Crippen LogP contribution in [-0.2, 0) is 22.6 Å². The van der Waals surface area contributed by atoms with Gasteiger partial charge in [-0.2, -0.15) is 0 Å². The summed E-state index contributed by atoms with van der Waals surface area (Å²) >= 11 is 0. The molecule has 0 fully saturated rings. The minimum atomic E-state index is -0.676. The zero-order chi connectivity index (χ0) is 18.0. The van der Waals surface area contributed by atoms with Gasteiger partial charge >= 0.3 is 5.97 Å². The van der Waals surface area contributed by atoms with Crippen molar-refractivity contribution in [2.24, 2.45) is 5.73 Å². The molecule has 25 heavy (non-hydrogen) atoms. The van der Waals surface area contributed by atoms with E-state index in [0.717, 1.165) is 33.2 Å². The Morgan fingerprint density at radius 1 is 1.16 bits per heavy atom. The number of hydrogen-bond donors (Lipinski definition) is 2. The Kier molecular flexibility index (Phi) is 4.91. The van der Waals surface area contributed by atoms with Crippen LogP contribution >= 0.6 is 0 Å². The SMILES string of the molecule is Cc1cc(C)c(COC(=O)C(N)Cc2c[nH]c3ccccc23)c(C)c1. The summed E-state index contributed by atoms with van der Waals surface area (Å²) in [5.74, 6) is -0.371. The van der Waals surface area contributed by atoms with E-state index in [1.54, 1.807) is 0 Å². The Bertz CT molecular complexity index is 888. The second-order valence-corrected chi connectivity index (χ2v) is 6.66. The van der Waals surface area contributed by atoms with E-state index < -0.39 is 6.04 Å². The summed E-state index contributed by atoms with van der Waals surface area (Å²) < 4.78 is 5.48. The second-order valence-electron chi connectivity index (χ2n) is 6.66. The topological polar surface area (TPSA) is 68.1 Å². The summed E-state index contributed by atoms with van der Waals surface area (Å²) in [6, 6.07) is 11.5. The number of fused-ring (bicyclic) bond motifs is 1. The number of esters is 1. The maximum Gasteiger partial charge on any atom is 0.323 e. The molecule has 3 N–H and O–H groups in total. The van der Waals surface area contributed by atoms with Gasteiger partial charge in [0.1, 0.15) is 12.6 Å². The van der Waals surface area contributed by atoms with E-state index >= 15 is 0 Å². The first-order valence-electron chi connectivity index (χ1n) is 8.49. The molecule has 4 nitrogen and oxygen atoms in total. The molecule has 1 unspecified atom stereocenters. The number of nitrogens with one attached hydrogen (secondary N) is 1. The highest BCUT2D eigenvalue weighted by Gasteiger charge is 2.18. The first kappa shape index (κ1) is 17.2. The molecule has 0 spiro atoms. The van der Waals surface area contributed by atoms with E-state index in [1.807, 2.05) is 44.3 Å². The number of H-pyrrole nitrogens is 1. The Hall–Kier alpha value is -2.59. The van der Waals surface area contributed by atoms with Gasteiger partial charge in [-0.25, -0.2) is 0 Å². The molecule has 0 aliphatic carbocycles. The maximum absolute atomic E-state index is 12.3. The van der Waals surface area contributed by atoms with Gasteiger partial charge < -0.3 is 15.5 Å². The van der Waals surface area contributed by atoms with Gasteiger partial charge in [0.2, 0.25) is 0 Å². The molecule has 3 rings (SSSR count). The van der Waals surface area contributed by atoms with Crippen molar-refractivity contribution in [3.05, 3.63) is 70.4 Å². The van der Waals surface area contributed by atoms with Crippen molar-refractivity contribution >= 4 is 16.9 Å². The highest BCUT2D eigenvalue weighted by molar-refractivity contribution is 5.84. The van der Waals surface area contributed by atoms with Crippen molar-refractivity contribution < 1.29 is 9.53 Å². The number of para-hydroxylation sites is 1. The van der Waals surface area contributed by atoms with E-state index in [2.05, 4.69) is 24.0 Å². The summed E-state index contributed by atoms with van der Waals surface area (Å²) in [6.07, 6.45) is 2.36. The fourth-order valence-electron chi connectivity index (χ4n) is 3.31. The van der Waals surface area contributed by atoms with Gasteiger partial charge in [-0.1, -0.05) is 35.9 Å². The molecule has 0 saturated heterocycles. The quantitative estimate of drug-likeness (QED) is 0.698. The monoisotopic (exact) mass is 336 g/mol. The molecule has 2 aromatic carbocycles. The van der Waals surface area contributed by atoms with Crippen LogP contribution in [0.15, 0.2) is 42.6 Å². The Morgan fingerprint density at radius 2 is 1.84 bits per heavy atom. The molecule has 0 bridgehead atoms. The fourth-order valence-corrected chi connectivity index (χ4v) is 3.31. The van der Waals surface area contributed by atoms with Crippen LogP contribution in [0.4, 0.5) is 0 Å². The number of aromatic amines is 1. The lowest BCUT2D eigenvalue weighted by molar-refractivity contribution is -0.146. The van der Waals surface area contributed by atoms with Gasteiger partial charge in [0.25, 0.3) is 0 Å². The van der Waals surface area contributed by atoms with Crippen molar-refractivity contribution in [2.75, 3.05) is 0 Å². The Morgan fingerprint density at radius 3 is 2.56 bits per heavy atom. The van der Waals surface area contributed by atoms with Crippen LogP contribution in [0.1, 0.15) is 27.8 Å². The summed E-state index contributed by atoms with van der Waals surface area (Å²) in [7, 11) is 0. The summed E-state index contributed by atoms with van der Waals surface area (Å²) in [5, 5.41) is 1.09. The molecule has 0 aliphatic heterocycles. The summed E-state index contributed by atoms with van der Waals surface area (Å²) in [5.41, 5.74) is 12.7. The molecule has 1 aromatic heterocycles. The fraction of sp³-hybridized carbons (Fsp3) is 0.286. The third-order valence-electron chi connectivity index (χ3n) is 4.62. The lowest BCUT2D eigenvalue weighted by Gasteiger charge is -2.14. The summed E-state index contributed by atoms with van der Waals surface area (Å²) in [6.45, 7) is 6.40. The van der Waals surface area contributed by atoms with E-state index in [4.69, 9.17) is 10.5 Å². The number of aromatic nitrogens is 1. The number of carbonyl (C=O) groups is 1. The highest BCUT2D eigenvalue weighted by Crippen LogP contribution is 2.20. The van der Waals surface area contributed by atoms with Crippen LogP contribution in [-0.4, -0.2) is 17.0 Å². The van der Waals surface area contributed by atoms with Crippen LogP contribution in [0.5, 0.6) is 0 Å². The van der Waals surface area contributed by atoms with Crippen LogP contribution < -0.4 is 5.73 Å². The standard InChI is InChI=1S/C21H24N2O2/c1-13-8-14(2)18(15(3)9-13)12-25-21(24)19(22)10-16-11-23-20-7-5-4-6-17(16)20/h4-9,11,19,23H,10,12,22H2,1-3H3. The van der Waals surface area contributed by atoms with Gasteiger partial charge in [0, 0.05) is 23.5 Å². The normalized spacial score (nSPS) is 12.3.